The van der Waals surface area contributed by atoms with Gasteiger partial charge in [0.15, 0.2) is 0 Å². The number of hydrogen-bond donors (Lipinski definition) is 1. The zero-order valence-electron chi connectivity index (χ0n) is 16.3. The fraction of sp³-hybridized carbons (Fsp3) is 0.722. The van der Waals surface area contributed by atoms with Gasteiger partial charge in [-0.15, -0.1) is 0 Å². The summed E-state index contributed by atoms with van der Waals surface area (Å²) in [5.74, 6) is 0.247. The number of rotatable bonds is 7. The van der Waals surface area contributed by atoms with Crippen LogP contribution in [0.5, 0.6) is 0 Å². The molecule has 0 radical (unpaired) electrons. The molecule has 2 aliphatic rings. The van der Waals surface area contributed by atoms with E-state index in [0.717, 1.165) is 12.4 Å². The highest BCUT2D eigenvalue weighted by Gasteiger charge is 2.38. The summed E-state index contributed by atoms with van der Waals surface area (Å²) in [6, 6.07) is -0.191. The zero-order chi connectivity index (χ0) is 21.0. The third-order valence-electron chi connectivity index (χ3n) is 5.24. The summed E-state index contributed by atoms with van der Waals surface area (Å²) in [6.45, 7) is 2.41. The van der Waals surface area contributed by atoms with E-state index >= 15 is 0 Å². The number of nitrogens with zero attached hydrogens (tertiary/aromatic N) is 4. The molecule has 2 N–H and O–H groups in total. The van der Waals surface area contributed by atoms with Gasteiger partial charge in [0, 0.05) is 51.6 Å². The Labute approximate surface area is 167 Å². The number of carbonyl (C=O) groups excluding carboxylic acids is 1. The zero-order valence-corrected chi connectivity index (χ0v) is 16.3. The molecule has 0 aromatic carbocycles. The van der Waals surface area contributed by atoms with Gasteiger partial charge in [0.2, 0.25) is 5.95 Å². The number of methoxy groups -OCH3 is 1. The van der Waals surface area contributed by atoms with Crippen LogP contribution in [0.15, 0.2) is 12.4 Å². The Bertz CT molecular complexity index is 680. The van der Waals surface area contributed by atoms with Gasteiger partial charge in [0.25, 0.3) is 5.91 Å². The standard InChI is InChI=1S/C18H26F3N5O3/c1-28-10-13(22)11-29-15-4-7-26(16(15)27)14-2-5-25(6-3-14)17-23-8-12(9-24-17)18(19,20)21/h8-9,13-15H,2-7,10-11,22H2,1H3. The van der Waals surface area contributed by atoms with Crippen LogP contribution in [0.3, 0.4) is 0 Å². The van der Waals surface area contributed by atoms with Crippen LogP contribution >= 0.6 is 0 Å². The second-order valence-corrected chi connectivity index (χ2v) is 7.35. The molecule has 1 aromatic rings. The van der Waals surface area contributed by atoms with Gasteiger partial charge in [-0.1, -0.05) is 0 Å². The molecule has 3 heterocycles. The van der Waals surface area contributed by atoms with Gasteiger partial charge < -0.3 is 25.0 Å². The molecule has 0 spiro atoms. The lowest BCUT2D eigenvalue weighted by molar-refractivity contribution is -0.140. The average Bonchev–Trinajstić information content (AvgIpc) is 3.07. The molecule has 2 saturated heterocycles. The first-order valence-electron chi connectivity index (χ1n) is 9.60. The Morgan fingerprint density at radius 2 is 1.83 bits per heavy atom. The molecule has 0 aliphatic carbocycles. The molecular formula is C18H26F3N5O3. The SMILES string of the molecule is COCC(N)COC1CCN(C2CCN(c3ncc(C(F)(F)F)cn3)CC2)C1=O. The smallest absolute Gasteiger partial charge is 0.383 e. The van der Waals surface area contributed by atoms with E-state index in [1.807, 2.05) is 9.80 Å². The third kappa shape index (κ3) is 5.34. The average molecular weight is 417 g/mol. The summed E-state index contributed by atoms with van der Waals surface area (Å²) in [5.41, 5.74) is 4.97. The molecule has 162 valence electrons. The fourth-order valence-corrected chi connectivity index (χ4v) is 3.70. The maximum atomic E-state index is 12.6. The predicted molar refractivity (Wildman–Crippen MR) is 98.2 cm³/mol. The van der Waals surface area contributed by atoms with Crippen molar-refractivity contribution in [1.29, 1.82) is 0 Å². The number of amides is 1. The van der Waals surface area contributed by atoms with Gasteiger partial charge in [0.05, 0.1) is 24.8 Å². The normalized spacial score (nSPS) is 22.4. The van der Waals surface area contributed by atoms with E-state index in [2.05, 4.69) is 9.97 Å². The monoisotopic (exact) mass is 417 g/mol. The Morgan fingerprint density at radius 1 is 1.17 bits per heavy atom. The number of nitrogens with two attached hydrogens (primary N) is 1. The lowest BCUT2D eigenvalue weighted by atomic mass is 10.0. The van der Waals surface area contributed by atoms with Crippen molar-refractivity contribution in [3.05, 3.63) is 18.0 Å². The first-order valence-corrected chi connectivity index (χ1v) is 9.60. The van der Waals surface area contributed by atoms with Crippen molar-refractivity contribution in [2.24, 2.45) is 5.73 Å². The third-order valence-corrected chi connectivity index (χ3v) is 5.24. The number of anilines is 1. The van der Waals surface area contributed by atoms with Crippen molar-refractivity contribution < 1.29 is 27.4 Å². The topological polar surface area (TPSA) is 93.8 Å². The molecule has 0 saturated carbocycles. The van der Waals surface area contributed by atoms with Crippen LogP contribution in [0.2, 0.25) is 0 Å². The maximum absolute atomic E-state index is 12.6. The molecule has 1 aromatic heterocycles. The largest absolute Gasteiger partial charge is 0.419 e. The molecule has 29 heavy (non-hydrogen) atoms. The van der Waals surface area contributed by atoms with Gasteiger partial charge >= 0.3 is 6.18 Å². The number of ether oxygens (including phenoxy) is 2. The number of carbonyl (C=O) groups is 1. The van der Waals surface area contributed by atoms with Crippen molar-refractivity contribution in [1.82, 2.24) is 14.9 Å². The van der Waals surface area contributed by atoms with Crippen molar-refractivity contribution in [2.45, 2.75) is 43.6 Å². The van der Waals surface area contributed by atoms with Crippen LogP contribution in [0.4, 0.5) is 19.1 Å². The molecule has 2 atom stereocenters. The lowest BCUT2D eigenvalue weighted by Gasteiger charge is -2.36. The van der Waals surface area contributed by atoms with Crippen molar-refractivity contribution >= 4 is 11.9 Å². The Kier molecular flexibility index (Phi) is 6.91. The number of hydrogen-bond acceptors (Lipinski definition) is 7. The van der Waals surface area contributed by atoms with Crippen LogP contribution in [-0.4, -0.2) is 78.9 Å². The summed E-state index contributed by atoms with van der Waals surface area (Å²) in [5, 5.41) is 0. The Hall–Kier alpha value is -1.98. The minimum atomic E-state index is -4.45. The molecule has 1 amide bonds. The molecule has 11 heteroatoms. The van der Waals surface area contributed by atoms with Crippen LogP contribution in [-0.2, 0) is 20.4 Å². The van der Waals surface area contributed by atoms with Gasteiger partial charge in [-0.25, -0.2) is 9.97 Å². The molecular weight excluding hydrogens is 391 g/mol. The number of alkyl halides is 3. The van der Waals surface area contributed by atoms with E-state index in [0.29, 0.717) is 45.5 Å². The molecule has 8 nitrogen and oxygen atoms in total. The lowest BCUT2D eigenvalue weighted by Crippen LogP contribution is -2.47. The Balaban J connectivity index is 1.49. The highest BCUT2D eigenvalue weighted by Crippen LogP contribution is 2.29. The van der Waals surface area contributed by atoms with Crippen LogP contribution in [0.25, 0.3) is 0 Å². The summed E-state index contributed by atoms with van der Waals surface area (Å²) in [7, 11) is 1.56. The van der Waals surface area contributed by atoms with Gasteiger partial charge in [0.1, 0.15) is 6.10 Å². The first kappa shape index (κ1) is 21.7. The van der Waals surface area contributed by atoms with E-state index in [1.54, 1.807) is 7.11 Å². The number of piperidine rings is 1. The molecule has 3 rings (SSSR count). The summed E-state index contributed by atoms with van der Waals surface area (Å²) < 4.78 is 48.5. The molecule has 2 fully saturated rings. The van der Waals surface area contributed by atoms with Crippen molar-refractivity contribution in [2.75, 3.05) is 44.9 Å². The van der Waals surface area contributed by atoms with Crippen LogP contribution in [0.1, 0.15) is 24.8 Å². The quantitative estimate of drug-likeness (QED) is 0.709. The minimum absolute atomic E-state index is 0.0288. The van der Waals surface area contributed by atoms with E-state index < -0.39 is 17.8 Å². The van der Waals surface area contributed by atoms with Gasteiger partial charge in [-0.2, -0.15) is 13.2 Å². The van der Waals surface area contributed by atoms with E-state index in [1.165, 1.54) is 0 Å². The van der Waals surface area contributed by atoms with E-state index in [9.17, 15) is 18.0 Å². The molecule has 2 aliphatic heterocycles. The highest BCUT2D eigenvalue weighted by molar-refractivity contribution is 5.83. The van der Waals surface area contributed by atoms with Crippen LogP contribution in [0, 0.1) is 0 Å². The summed E-state index contributed by atoms with van der Waals surface area (Å²) in [4.78, 5) is 24.0. The molecule has 2 unspecified atom stereocenters. The Morgan fingerprint density at radius 3 is 2.41 bits per heavy atom. The van der Waals surface area contributed by atoms with E-state index in [4.69, 9.17) is 15.2 Å². The fourth-order valence-electron chi connectivity index (χ4n) is 3.70. The minimum Gasteiger partial charge on any atom is -0.383 e. The van der Waals surface area contributed by atoms with Gasteiger partial charge in [-0.05, 0) is 12.8 Å². The highest BCUT2D eigenvalue weighted by atomic mass is 19.4. The van der Waals surface area contributed by atoms with Crippen molar-refractivity contribution in [3.63, 3.8) is 0 Å². The van der Waals surface area contributed by atoms with Crippen LogP contribution < -0.4 is 10.6 Å². The first-order chi connectivity index (χ1) is 13.8. The number of aromatic nitrogens is 2. The van der Waals surface area contributed by atoms with Crippen molar-refractivity contribution in [3.8, 4) is 0 Å². The number of halogens is 3. The predicted octanol–water partition coefficient (Wildman–Crippen LogP) is 1.06. The number of likely N-dealkylation sites (tertiary alicyclic amines) is 1. The second-order valence-electron chi connectivity index (χ2n) is 7.35. The van der Waals surface area contributed by atoms with Gasteiger partial charge in [-0.3, -0.25) is 4.79 Å². The summed E-state index contributed by atoms with van der Waals surface area (Å²) in [6.07, 6.45) is -1.30. The summed E-state index contributed by atoms with van der Waals surface area (Å²) >= 11 is 0. The molecule has 0 bridgehead atoms. The van der Waals surface area contributed by atoms with E-state index in [-0.39, 0.29) is 30.5 Å². The maximum Gasteiger partial charge on any atom is 0.419 e. The second kappa shape index (κ2) is 9.23.